The highest BCUT2D eigenvalue weighted by Crippen LogP contribution is 2.42. The predicted molar refractivity (Wildman–Crippen MR) is 137 cm³/mol. The van der Waals surface area contributed by atoms with E-state index in [1.54, 1.807) is 11.0 Å². The van der Waals surface area contributed by atoms with Crippen molar-refractivity contribution in [3.8, 4) is 0 Å². The number of fused-ring (bicyclic) bond motifs is 1. The number of amides is 2. The Bertz CT molecular complexity index is 1460. The molecule has 3 aliphatic heterocycles. The third-order valence-electron chi connectivity index (χ3n) is 7.25. The molecule has 6 rings (SSSR count). The number of rotatable bonds is 6. The predicted octanol–water partition coefficient (Wildman–Crippen LogP) is 3.16. The molecule has 3 N–H and O–H groups in total. The zero-order chi connectivity index (χ0) is 25.0. The molecule has 36 heavy (non-hydrogen) atoms. The minimum absolute atomic E-state index is 0.0516. The second kappa shape index (κ2) is 8.65. The van der Waals surface area contributed by atoms with E-state index in [1.165, 1.54) is 22.4 Å². The molecule has 0 spiro atoms. The number of aliphatic hydroxyl groups is 1. The number of thioether (sulfide) groups is 1. The number of nitrogens with one attached hydrogen (secondary N) is 2. The number of carbonyl (C=O) groups is 2. The quantitative estimate of drug-likeness (QED) is 0.440. The molecule has 9 nitrogen and oxygen atoms in total. The van der Waals surface area contributed by atoms with Crippen molar-refractivity contribution in [1.29, 1.82) is 0 Å². The minimum Gasteiger partial charge on any atom is -0.444 e. The summed E-state index contributed by atoms with van der Waals surface area (Å²) in [5, 5.41) is 18.3. The molecule has 1 aromatic heterocycles. The van der Waals surface area contributed by atoms with Crippen molar-refractivity contribution in [2.24, 2.45) is 0 Å². The van der Waals surface area contributed by atoms with Crippen molar-refractivity contribution < 1.29 is 19.4 Å². The van der Waals surface area contributed by atoms with Crippen LogP contribution in [0.4, 0.5) is 16.2 Å². The van der Waals surface area contributed by atoms with Gasteiger partial charge in [-0.1, -0.05) is 18.2 Å². The van der Waals surface area contributed by atoms with Gasteiger partial charge < -0.3 is 20.5 Å². The lowest BCUT2D eigenvalue weighted by Crippen LogP contribution is -2.45. The molecule has 0 saturated carbocycles. The Morgan fingerprint density at radius 2 is 2.06 bits per heavy atom. The third kappa shape index (κ3) is 3.68. The van der Waals surface area contributed by atoms with Crippen molar-refractivity contribution in [3.63, 3.8) is 0 Å². The number of anilines is 2. The standard InChI is InChI=1S/C26H26N4O5S/c1-26(18-6-2-4-15-7-10-22(32)30(23(15)18)24(26)33)27-11-3-5-17-13-29(25(34)35-17)16-8-9-20-19(12-16)28-21(31)14-36-20/h2,4,6-10,12,17,24,27,33H,3,5,11,13-14H2,1H3,(H,28,31)/t17-,24-,26-/m1/s1. The topological polar surface area (TPSA) is 113 Å². The number of ether oxygens (including phenoxy) is 1. The Morgan fingerprint density at radius 1 is 1.19 bits per heavy atom. The number of para-hydroxylation sites is 1. The Kier molecular flexibility index (Phi) is 5.55. The fourth-order valence-corrected chi connectivity index (χ4v) is 6.15. The molecule has 1 saturated heterocycles. The van der Waals surface area contributed by atoms with Crippen LogP contribution in [0.5, 0.6) is 0 Å². The van der Waals surface area contributed by atoms with Crippen LogP contribution in [0.25, 0.3) is 10.9 Å². The number of aromatic nitrogens is 1. The first kappa shape index (κ1) is 23.1. The normalized spacial score (nSPS) is 24.7. The number of benzene rings is 2. The largest absolute Gasteiger partial charge is 0.444 e. The number of cyclic esters (lactones) is 1. The van der Waals surface area contributed by atoms with Crippen molar-refractivity contribution in [2.45, 2.75) is 42.5 Å². The molecular weight excluding hydrogens is 480 g/mol. The molecule has 0 radical (unpaired) electrons. The molecule has 10 heteroatoms. The van der Waals surface area contributed by atoms with Gasteiger partial charge in [-0.2, -0.15) is 0 Å². The first-order valence-corrected chi connectivity index (χ1v) is 13.0. The third-order valence-corrected chi connectivity index (χ3v) is 8.32. The second-order valence-electron chi connectivity index (χ2n) is 9.56. The van der Waals surface area contributed by atoms with Gasteiger partial charge in [-0.3, -0.25) is 19.1 Å². The van der Waals surface area contributed by atoms with Crippen LogP contribution in [-0.2, 0) is 15.1 Å². The summed E-state index contributed by atoms with van der Waals surface area (Å²) in [7, 11) is 0. The lowest BCUT2D eigenvalue weighted by molar-refractivity contribution is -0.113. The van der Waals surface area contributed by atoms with E-state index in [-0.39, 0.29) is 17.6 Å². The molecule has 2 aromatic carbocycles. The fraction of sp³-hybridized carbons (Fsp3) is 0.346. The highest BCUT2D eigenvalue weighted by molar-refractivity contribution is 8.00. The van der Waals surface area contributed by atoms with E-state index >= 15 is 0 Å². The van der Waals surface area contributed by atoms with E-state index in [4.69, 9.17) is 4.74 Å². The van der Waals surface area contributed by atoms with Crippen LogP contribution in [0.3, 0.4) is 0 Å². The summed E-state index contributed by atoms with van der Waals surface area (Å²) in [6.07, 6.45) is -0.317. The molecule has 0 bridgehead atoms. The lowest BCUT2D eigenvalue weighted by Gasteiger charge is -2.31. The van der Waals surface area contributed by atoms with Gasteiger partial charge in [-0.15, -0.1) is 11.8 Å². The van der Waals surface area contributed by atoms with Crippen LogP contribution in [0, 0.1) is 0 Å². The molecular formula is C26H26N4O5S. The molecule has 4 heterocycles. The Balaban J connectivity index is 1.09. The summed E-state index contributed by atoms with van der Waals surface area (Å²) in [5.41, 5.74) is 2.02. The van der Waals surface area contributed by atoms with Gasteiger partial charge in [0.1, 0.15) is 6.10 Å². The zero-order valence-corrected chi connectivity index (χ0v) is 20.5. The van der Waals surface area contributed by atoms with Crippen LogP contribution in [0.2, 0.25) is 0 Å². The molecule has 0 aliphatic carbocycles. The van der Waals surface area contributed by atoms with Gasteiger partial charge in [-0.05, 0) is 56.0 Å². The van der Waals surface area contributed by atoms with Gasteiger partial charge in [0.15, 0.2) is 6.23 Å². The summed E-state index contributed by atoms with van der Waals surface area (Å²) >= 11 is 1.48. The van der Waals surface area contributed by atoms with Gasteiger partial charge in [0.2, 0.25) is 5.91 Å². The van der Waals surface area contributed by atoms with Gasteiger partial charge in [0.25, 0.3) is 5.56 Å². The monoisotopic (exact) mass is 506 g/mol. The molecule has 3 aliphatic rings. The smallest absolute Gasteiger partial charge is 0.414 e. The van der Waals surface area contributed by atoms with Crippen LogP contribution in [0.1, 0.15) is 31.6 Å². The first-order chi connectivity index (χ1) is 17.3. The number of carbonyl (C=O) groups excluding carboxylic acids is 2. The van der Waals surface area contributed by atoms with Gasteiger partial charge >= 0.3 is 6.09 Å². The van der Waals surface area contributed by atoms with Crippen molar-refractivity contribution in [3.05, 3.63) is 64.4 Å². The molecule has 186 valence electrons. The molecule has 3 aromatic rings. The van der Waals surface area contributed by atoms with Crippen LogP contribution in [0.15, 0.2) is 58.2 Å². The van der Waals surface area contributed by atoms with Gasteiger partial charge in [0.05, 0.1) is 29.0 Å². The van der Waals surface area contributed by atoms with Crippen LogP contribution < -0.4 is 21.1 Å². The summed E-state index contributed by atoms with van der Waals surface area (Å²) in [6, 6.07) is 14.7. The average Bonchev–Trinajstić information content (AvgIpc) is 3.35. The molecule has 0 unspecified atom stereocenters. The zero-order valence-electron chi connectivity index (χ0n) is 19.7. The van der Waals surface area contributed by atoms with E-state index in [9.17, 15) is 19.5 Å². The van der Waals surface area contributed by atoms with Crippen molar-refractivity contribution in [2.75, 3.05) is 29.1 Å². The summed E-state index contributed by atoms with van der Waals surface area (Å²) in [4.78, 5) is 39.3. The van der Waals surface area contributed by atoms with E-state index in [0.29, 0.717) is 43.1 Å². The average molecular weight is 507 g/mol. The van der Waals surface area contributed by atoms with Crippen LogP contribution >= 0.6 is 11.8 Å². The summed E-state index contributed by atoms with van der Waals surface area (Å²) in [5.74, 6) is 0.340. The van der Waals surface area contributed by atoms with E-state index < -0.39 is 17.9 Å². The van der Waals surface area contributed by atoms with Crippen molar-refractivity contribution >= 4 is 46.0 Å². The molecule has 1 fully saturated rings. The maximum atomic E-state index is 12.5. The summed E-state index contributed by atoms with van der Waals surface area (Å²) in [6.45, 7) is 2.91. The number of hydrogen-bond acceptors (Lipinski definition) is 7. The lowest BCUT2D eigenvalue weighted by atomic mass is 9.91. The van der Waals surface area contributed by atoms with Crippen LogP contribution in [-0.4, -0.2) is 46.6 Å². The minimum atomic E-state index is -1.02. The van der Waals surface area contributed by atoms with E-state index in [2.05, 4.69) is 10.6 Å². The van der Waals surface area contributed by atoms with E-state index in [1.807, 2.05) is 43.3 Å². The Hall–Kier alpha value is -3.34. The molecule has 2 amide bonds. The van der Waals surface area contributed by atoms with Gasteiger partial charge in [-0.25, -0.2) is 4.79 Å². The summed E-state index contributed by atoms with van der Waals surface area (Å²) < 4.78 is 7.05. The number of pyridine rings is 1. The Labute approximate surface area is 211 Å². The number of hydrogen-bond donors (Lipinski definition) is 3. The maximum Gasteiger partial charge on any atom is 0.414 e. The van der Waals surface area contributed by atoms with Gasteiger partial charge in [0, 0.05) is 22.2 Å². The highest BCUT2D eigenvalue weighted by Gasteiger charge is 2.44. The maximum absolute atomic E-state index is 12.5. The first-order valence-electron chi connectivity index (χ1n) is 12.0. The Morgan fingerprint density at radius 3 is 2.92 bits per heavy atom. The SMILES string of the molecule is C[C@@]1(NCCC[C@@H]2CN(c3ccc4c(c3)NC(=O)CS4)C(=O)O2)c2cccc3ccc(=O)n(c23)[C@@H]1O. The highest BCUT2D eigenvalue weighted by atomic mass is 32.2. The van der Waals surface area contributed by atoms with Crippen molar-refractivity contribution in [1.82, 2.24) is 9.88 Å². The van der Waals surface area contributed by atoms with E-state index in [0.717, 1.165) is 21.4 Å². The fourth-order valence-electron chi connectivity index (χ4n) is 5.36. The number of nitrogens with zero attached hydrogens (tertiary/aromatic N) is 2. The second-order valence-corrected chi connectivity index (χ2v) is 10.6. The molecule has 3 atom stereocenters. The number of aliphatic hydroxyl groups excluding tert-OH is 1.